The first-order valence-corrected chi connectivity index (χ1v) is 5.71. The van der Waals surface area contributed by atoms with Crippen molar-refractivity contribution in [3.05, 3.63) is 0 Å². The summed E-state index contributed by atoms with van der Waals surface area (Å²) in [7, 11) is 2.39. The highest BCUT2D eigenvalue weighted by atomic mass is 127. The van der Waals surface area contributed by atoms with Gasteiger partial charge in [0.25, 0.3) is 0 Å². The van der Waals surface area contributed by atoms with Crippen molar-refractivity contribution in [2.24, 2.45) is 5.92 Å². The molecule has 2 fully saturated rings. The first kappa shape index (κ1) is 12.7. The summed E-state index contributed by atoms with van der Waals surface area (Å²) in [6.45, 7) is 3.11. The number of aliphatic hydroxyl groups is 1. The van der Waals surface area contributed by atoms with Crippen LogP contribution in [0.3, 0.4) is 0 Å². The van der Waals surface area contributed by atoms with Gasteiger partial charge in [-0.15, -0.1) is 0 Å². The Hall–Kier alpha value is 0.650. The Bertz CT molecular complexity index is 184. The summed E-state index contributed by atoms with van der Waals surface area (Å²) < 4.78 is 1.26. The van der Waals surface area contributed by atoms with Gasteiger partial charge >= 0.3 is 0 Å². The third kappa shape index (κ3) is 2.25. The molecule has 2 rings (SSSR count). The van der Waals surface area contributed by atoms with E-state index in [1.54, 1.807) is 0 Å². The summed E-state index contributed by atoms with van der Waals surface area (Å²) >= 11 is 0. The maximum atomic E-state index is 9.33. The molecule has 2 unspecified atom stereocenters. The van der Waals surface area contributed by atoms with E-state index in [2.05, 4.69) is 7.05 Å². The Labute approximate surface area is 104 Å². The van der Waals surface area contributed by atoms with Gasteiger partial charge in [-0.2, -0.15) is 0 Å². The summed E-state index contributed by atoms with van der Waals surface area (Å²) in [5, 5.41) is 9.33. The highest BCUT2D eigenvalue weighted by Gasteiger charge is 2.42. The lowest BCUT2D eigenvalue weighted by atomic mass is 9.82. The monoisotopic (exact) mass is 311 g/mol. The minimum atomic E-state index is 0. The third-order valence-corrected chi connectivity index (χ3v) is 4.24. The first-order chi connectivity index (χ1) is 6.26. The van der Waals surface area contributed by atoms with Crippen molar-refractivity contribution in [2.75, 3.05) is 26.7 Å². The number of aliphatic hydroxyl groups excluding tert-OH is 1. The van der Waals surface area contributed by atoms with E-state index in [0.717, 1.165) is 6.04 Å². The Morgan fingerprint density at radius 1 is 1.14 bits per heavy atom. The molecule has 0 aromatic rings. The second-order valence-electron chi connectivity index (χ2n) is 5.07. The lowest BCUT2D eigenvalue weighted by Gasteiger charge is -2.50. The van der Waals surface area contributed by atoms with Crippen LogP contribution in [-0.4, -0.2) is 42.4 Å². The van der Waals surface area contributed by atoms with Gasteiger partial charge in [-0.1, -0.05) is 0 Å². The zero-order chi connectivity index (χ0) is 9.31. The van der Waals surface area contributed by atoms with Gasteiger partial charge in [-0.25, -0.2) is 0 Å². The molecule has 1 N–H and O–H groups in total. The molecule has 0 aliphatic carbocycles. The van der Waals surface area contributed by atoms with Crippen LogP contribution in [0.2, 0.25) is 0 Å². The molecule has 0 spiro atoms. The minimum absolute atomic E-state index is 0. The van der Waals surface area contributed by atoms with Crippen LogP contribution in [-0.2, 0) is 0 Å². The molecule has 2 aliphatic rings. The number of hydrogen-bond acceptors (Lipinski definition) is 1. The van der Waals surface area contributed by atoms with E-state index in [9.17, 15) is 5.11 Å². The lowest BCUT2D eigenvalue weighted by molar-refractivity contribution is -0.947. The molecule has 2 heterocycles. The molecule has 0 amide bonds. The standard InChI is InChI=1S/C11H22NO.HI/c1-12-7-3-2-6-11(12)10(9-13)5-4-8-12;/h10-11,13H,2-9H2,1H3;1H/q+1;/p-1/t10-,11?,12?;/m0./s1. The number of quaternary nitrogens is 1. The second-order valence-corrected chi connectivity index (χ2v) is 5.07. The molecule has 0 bridgehead atoms. The average molecular weight is 311 g/mol. The fourth-order valence-corrected chi connectivity index (χ4v) is 3.45. The number of rotatable bonds is 1. The normalized spacial score (nSPS) is 42.4. The Kier molecular flexibility index (Phi) is 4.65. The van der Waals surface area contributed by atoms with Crippen molar-refractivity contribution in [3.8, 4) is 0 Å². The van der Waals surface area contributed by atoms with Crippen molar-refractivity contribution in [1.82, 2.24) is 0 Å². The summed E-state index contributed by atoms with van der Waals surface area (Å²) in [5.74, 6) is 0.596. The second kappa shape index (κ2) is 5.12. The van der Waals surface area contributed by atoms with Crippen molar-refractivity contribution >= 4 is 0 Å². The molecule has 2 saturated heterocycles. The van der Waals surface area contributed by atoms with Crippen LogP contribution >= 0.6 is 0 Å². The zero-order valence-corrected chi connectivity index (χ0v) is 11.2. The summed E-state index contributed by atoms with van der Waals surface area (Å²) in [5.41, 5.74) is 0. The summed E-state index contributed by atoms with van der Waals surface area (Å²) in [6, 6.07) is 0.771. The molecule has 84 valence electrons. The number of piperidine rings is 2. The largest absolute Gasteiger partial charge is 1.00 e. The molecule has 2 nitrogen and oxygen atoms in total. The van der Waals surface area contributed by atoms with Gasteiger partial charge < -0.3 is 33.6 Å². The van der Waals surface area contributed by atoms with E-state index in [0.29, 0.717) is 12.5 Å². The fourth-order valence-electron chi connectivity index (χ4n) is 3.45. The summed E-state index contributed by atoms with van der Waals surface area (Å²) in [4.78, 5) is 0. The Morgan fingerprint density at radius 2 is 1.86 bits per heavy atom. The molecule has 3 atom stereocenters. The quantitative estimate of drug-likeness (QED) is 0.456. The van der Waals surface area contributed by atoms with Crippen molar-refractivity contribution in [3.63, 3.8) is 0 Å². The first-order valence-electron chi connectivity index (χ1n) is 5.71. The van der Waals surface area contributed by atoms with E-state index in [1.807, 2.05) is 0 Å². The number of nitrogens with zero attached hydrogens (tertiary/aromatic N) is 1. The molecule has 0 saturated carbocycles. The van der Waals surface area contributed by atoms with Crippen LogP contribution in [0.15, 0.2) is 0 Å². The number of halogens is 1. The van der Waals surface area contributed by atoms with Crippen molar-refractivity contribution < 1.29 is 33.6 Å². The van der Waals surface area contributed by atoms with Crippen LogP contribution in [0.25, 0.3) is 0 Å². The Morgan fingerprint density at radius 3 is 2.57 bits per heavy atom. The van der Waals surface area contributed by atoms with E-state index in [-0.39, 0.29) is 24.0 Å². The van der Waals surface area contributed by atoms with E-state index in [1.165, 1.54) is 49.7 Å². The molecule has 0 radical (unpaired) electrons. The van der Waals surface area contributed by atoms with Gasteiger partial charge in [0.2, 0.25) is 0 Å². The molecule has 2 aliphatic heterocycles. The van der Waals surface area contributed by atoms with Crippen LogP contribution in [0.4, 0.5) is 0 Å². The van der Waals surface area contributed by atoms with Gasteiger partial charge in [0.15, 0.2) is 0 Å². The SMILES string of the molecule is C[N+]12CCCCC1[C@H](CO)CCC2.[I-]. The smallest absolute Gasteiger partial charge is 0.0939 e. The van der Waals surface area contributed by atoms with Gasteiger partial charge in [0.1, 0.15) is 0 Å². The predicted molar refractivity (Wildman–Crippen MR) is 53.4 cm³/mol. The van der Waals surface area contributed by atoms with Gasteiger partial charge in [0.05, 0.1) is 32.8 Å². The fraction of sp³-hybridized carbons (Fsp3) is 1.00. The van der Waals surface area contributed by atoms with Gasteiger partial charge in [0, 0.05) is 12.3 Å². The third-order valence-electron chi connectivity index (χ3n) is 4.24. The molecule has 0 aromatic carbocycles. The molecular weight excluding hydrogens is 289 g/mol. The van der Waals surface area contributed by atoms with E-state index >= 15 is 0 Å². The van der Waals surface area contributed by atoms with Crippen molar-refractivity contribution in [1.29, 1.82) is 0 Å². The molecule has 3 heteroatoms. The number of hydrogen-bond donors (Lipinski definition) is 1. The zero-order valence-electron chi connectivity index (χ0n) is 9.08. The van der Waals surface area contributed by atoms with Crippen LogP contribution in [0.5, 0.6) is 0 Å². The number of fused-ring (bicyclic) bond motifs is 1. The molecule has 14 heavy (non-hydrogen) atoms. The van der Waals surface area contributed by atoms with Gasteiger partial charge in [-0.3, -0.25) is 0 Å². The van der Waals surface area contributed by atoms with Crippen LogP contribution in [0, 0.1) is 5.92 Å². The Balaban J connectivity index is 0.000000980. The predicted octanol–water partition coefficient (Wildman–Crippen LogP) is -1.61. The van der Waals surface area contributed by atoms with Crippen LogP contribution < -0.4 is 24.0 Å². The molecular formula is C11H22INO. The van der Waals surface area contributed by atoms with E-state index in [4.69, 9.17) is 0 Å². The highest BCUT2D eigenvalue weighted by molar-refractivity contribution is 4.77. The van der Waals surface area contributed by atoms with E-state index < -0.39 is 0 Å². The maximum absolute atomic E-state index is 9.33. The summed E-state index contributed by atoms with van der Waals surface area (Å²) in [6.07, 6.45) is 6.70. The highest BCUT2D eigenvalue weighted by Crippen LogP contribution is 2.35. The minimum Gasteiger partial charge on any atom is -1.00 e. The van der Waals surface area contributed by atoms with Crippen molar-refractivity contribution in [2.45, 2.75) is 38.1 Å². The maximum Gasteiger partial charge on any atom is 0.0939 e. The van der Waals surface area contributed by atoms with Crippen LogP contribution in [0.1, 0.15) is 32.1 Å². The topological polar surface area (TPSA) is 20.2 Å². The average Bonchev–Trinajstić information content (AvgIpc) is 2.15. The van der Waals surface area contributed by atoms with Gasteiger partial charge in [-0.05, 0) is 25.7 Å². The molecule has 0 aromatic heterocycles. The lowest BCUT2D eigenvalue weighted by Crippen LogP contribution is -3.00.